The van der Waals surface area contributed by atoms with Crippen molar-refractivity contribution in [3.8, 4) is 10.0 Å². The molecule has 0 amide bonds. The first kappa shape index (κ1) is 22.5. The van der Waals surface area contributed by atoms with Crippen LogP contribution in [-0.2, 0) is 0 Å². The molecule has 0 aromatic carbocycles. The summed E-state index contributed by atoms with van der Waals surface area (Å²) in [5.41, 5.74) is 10.1. The average molecular weight is 421 g/mol. The third-order valence-electron chi connectivity index (χ3n) is 3.55. The summed E-state index contributed by atoms with van der Waals surface area (Å²) in [6.45, 7) is 20.6. The number of hydrogen-bond acceptors (Lipinski definition) is 8. The van der Waals surface area contributed by atoms with E-state index < -0.39 is 0 Å². The molecule has 154 valence electrons. The van der Waals surface area contributed by atoms with Crippen molar-refractivity contribution in [3.05, 3.63) is 21.1 Å². The Balaban J connectivity index is 2.31. The summed E-state index contributed by atoms with van der Waals surface area (Å²) in [6, 6.07) is 0. The van der Waals surface area contributed by atoms with Gasteiger partial charge in [0.25, 0.3) is 0 Å². The SMILES string of the molecule is C/C(=N/NC(C)(C)C)c1sc(-c2nc(C)c(/C(C)=N\NC(C)(C)C)s2)nc1C. The monoisotopic (exact) mass is 420 g/mol. The van der Waals surface area contributed by atoms with E-state index in [4.69, 9.17) is 9.97 Å². The summed E-state index contributed by atoms with van der Waals surface area (Å²) in [7, 11) is 0. The summed E-state index contributed by atoms with van der Waals surface area (Å²) in [5, 5.41) is 10.9. The summed E-state index contributed by atoms with van der Waals surface area (Å²) < 4.78 is 0. The molecule has 0 saturated heterocycles. The highest BCUT2D eigenvalue weighted by Crippen LogP contribution is 2.33. The Bertz CT molecular complexity index is 817. The van der Waals surface area contributed by atoms with Crippen molar-refractivity contribution in [1.82, 2.24) is 20.8 Å². The van der Waals surface area contributed by atoms with Gasteiger partial charge in [-0.05, 0) is 69.2 Å². The Morgan fingerprint density at radius 3 is 1.32 bits per heavy atom. The molecule has 0 unspecified atom stereocenters. The lowest BCUT2D eigenvalue weighted by Crippen LogP contribution is -2.32. The molecule has 2 rings (SSSR count). The zero-order valence-corrected chi connectivity index (χ0v) is 20.2. The maximum absolute atomic E-state index is 4.75. The predicted molar refractivity (Wildman–Crippen MR) is 123 cm³/mol. The zero-order chi connectivity index (χ0) is 21.3. The van der Waals surface area contributed by atoms with Crippen molar-refractivity contribution in [3.63, 3.8) is 0 Å². The number of nitrogens with one attached hydrogen (secondary N) is 2. The quantitative estimate of drug-likeness (QED) is 0.521. The van der Waals surface area contributed by atoms with Crippen molar-refractivity contribution < 1.29 is 0 Å². The molecule has 2 aromatic rings. The molecular weight excluding hydrogens is 388 g/mol. The normalized spacial score (nSPS) is 13.8. The van der Waals surface area contributed by atoms with Gasteiger partial charge in [0.15, 0.2) is 10.0 Å². The van der Waals surface area contributed by atoms with Crippen molar-refractivity contribution in [2.24, 2.45) is 10.2 Å². The molecular formula is C20H32N6S2. The van der Waals surface area contributed by atoms with Crippen LogP contribution in [0.5, 0.6) is 0 Å². The number of rotatable bonds is 5. The molecule has 0 fully saturated rings. The third-order valence-corrected chi connectivity index (χ3v) is 6.23. The van der Waals surface area contributed by atoms with E-state index in [0.717, 1.165) is 42.6 Å². The molecule has 0 aliphatic heterocycles. The van der Waals surface area contributed by atoms with Gasteiger partial charge in [0, 0.05) is 11.1 Å². The van der Waals surface area contributed by atoms with E-state index in [-0.39, 0.29) is 11.1 Å². The molecule has 6 nitrogen and oxygen atoms in total. The van der Waals surface area contributed by atoms with E-state index in [1.54, 1.807) is 22.7 Å². The standard InChI is InChI=1S/C20H32N6S2/c1-11-15(13(3)23-25-19(5,6)7)27-17(21-11)18-22-12(2)16(28-18)14(4)24-26-20(8,9)10/h25-26H,1-10H3/b23-13-,24-14-. The van der Waals surface area contributed by atoms with Gasteiger partial charge in [-0.25, -0.2) is 9.97 Å². The second-order valence-electron chi connectivity index (χ2n) is 8.99. The molecule has 0 aliphatic carbocycles. The second kappa shape index (κ2) is 8.29. The van der Waals surface area contributed by atoms with Crippen LogP contribution in [0.25, 0.3) is 10.0 Å². The summed E-state index contributed by atoms with van der Waals surface area (Å²) in [5.74, 6) is 0. The van der Waals surface area contributed by atoms with Gasteiger partial charge >= 0.3 is 0 Å². The molecule has 28 heavy (non-hydrogen) atoms. The Morgan fingerprint density at radius 2 is 1.04 bits per heavy atom. The average Bonchev–Trinajstić information content (AvgIpc) is 3.12. The number of hydrogen-bond donors (Lipinski definition) is 2. The lowest BCUT2D eigenvalue weighted by molar-refractivity contribution is 0.441. The van der Waals surface area contributed by atoms with Gasteiger partial charge in [-0.3, -0.25) is 0 Å². The molecule has 0 atom stereocenters. The lowest BCUT2D eigenvalue weighted by Gasteiger charge is -2.18. The fourth-order valence-electron chi connectivity index (χ4n) is 2.25. The number of hydrazone groups is 2. The van der Waals surface area contributed by atoms with Gasteiger partial charge in [0.05, 0.1) is 32.6 Å². The first-order chi connectivity index (χ1) is 12.8. The van der Waals surface area contributed by atoms with Crippen LogP contribution in [0.4, 0.5) is 0 Å². The first-order valence-electron chi connectivity index (χ1n) is 9.36. The fourth-order valence-corrected chi connectivity index (χ4v) is 4.29. The Hall–Kier alpha value is -1.80. The van der Waals surface area contributed by atoms with Gasteiger partial charge in [0.1, 0.15) is 0 Å². The van der Waals surface area contributed by atoms with Gasteiger partial charge in [-0.2, -0.15) is 10.2 Å². The van der Waals surface area contributed by atoms with E-state index in [1.165, 1.54) is 0 Å². The van der Waals surface area contributed by atoms with Crippen LogP contribution in [0.2, 0.25) is 0 Å². The molecule has 8 heteroatoms. The predicted octanol–water partition coefficient (Wildman–Crippen LogP) is 5.11. The lowest BCUT2D eigenvalue weighted by atomic mass is 10.1. The minimum absolute atomic E-state index is 0.0675. The van der Waals surface area contributed by atoms with E-state index >= 15 is 0 Å². The highest BCUT2D eigenvalue weighted by Gasteiger charge is 2.18. The minimum atomic E-state index is -0.0675. The van der Waals surface area contributed by atoms with Gasteiger partial charge in [-0.1, -0.05) is 0 Å². The summed E-state index contributed by atoms with van der Waals surface area (Å²) in [4.78, 5) is 11.7. The molecule has 0 saturated carbocycles. The van der Waals surface area contributed by atoms with Crippen molar-refractivity contribution in [2.75, 3.05) is 0 Å². The maximum atomic E-state index is 4.75. The first-order valence-corrected chi connectivity index (χ1v) is 11.0. The van der Waals surface area contributed by atoms with Crippen LogP contribution in [-0.4, -0.2) is 32.5 Å². The van der Waals surface area contributed by atoms with Gasteiger partial charge in [-0.15, -0.1) is 22.7 Å². The van der Waals surface area contributed by atoms with Gasteiger partial charge < -0.3 is 10.9 Å². The largest absolute Gasteiger partial charge is 0.305 e. The molecule has 0 aliphatic rings. The Morgan fingerprint density at radius 1 is 0.714 bits per heavy atom. The molecule has 2 aromatic heterocycles. The Kier molecular flexibility index (Phi) is 6.66. The van der Waals surface area contributed by atoms with E-state index in [9.17, 15) is 0 Å². The smallest absolute Gasteiger partial charge is 0.153 e. The second-order valence-corrected chi connectivity index (χ2v) is 11.0. The number of nitrogens with zero attached hydrogens (tertiary/aromatic N) is 4. The maximum Gasteiger partial charge on any atom is 0.153 e. The van der Waals surface area contributed by atoms with Crippen LogP contribution in [0.3, 0.4) is 0 Å². The van der Waals surface area contributed by atoms with E-state index in [0.29, 0.717) is 0 Å². The van der Waals surface area contributed by atoms with Crippen LogP contribution >= 0.6 is 22.7 Å². The number of aryl methyl sites for hydroxylation is 2. The number of aromatic nitrogens is 2. The molecule has 0 bridgehead atoms. The molecule has 2 N–H and O–H groups in total. The minimum Gasteiger partial charge on any atom is -0.305 e. The van der Waals surface area contributed by atoms with Crippen LogP contribution < -0.4 is 10.9 Å². The van der Waals surface area contributed by atoms with Gasteiger partial charge in [0.2, 0.25) is 0 Å². The number of thiazole rings is 2. The van der Waals surface area contributed by atoms with E-state index in [2.05, 4.69) is 62.6 Å². The molecule has 0 spiro atoms. The van der Waals surface area contributed by atoms with Crippen LogP contribution in [0, 0.1) is 13.8 Å². The van der Waals surface area contributed by atoms with Crippen molar-refractivity contribution in [1.29, 1.82) is 0 Å². The Labute approximate surface area is 176 Å². The topological polar surface area (TPSA) is 74.6 Å². The van der Waals surface area contributed by atoms with Crippen LogP contribution in [0.15, 0.2) is 10.2 Å². The van der Waals surface area contributed by atoms with Crippen molar-refractivity contribution in [2.45, 2.75) is 80.3 Å². The molecule has 2 heterocycles. The highest BCUT2D eigenvalue weighted by molar-refractivity contribution is 7.23. The fraction of sp³-hybridized carbons (Fsp3) is 0.600. The van der Waals surface area contributed by atoms with E-state index in [1.807, 2.05) is 27.7 Å². The van der Waals surface area contributed by atoms with Crippen LogP contribution in [0.1, 0.15) is 76.5 Å². The van der Waals surface area contributed by atoms with Crippen molar-refractivity contribution >= 4 is 34.1 Å². The zero-order valence-electron chi connectivity index (χ0n) is 18.6. The summed E-state index contributed by atoms with van der Waals surface area (Å²) >= 11 is 3.27. The molecule has 0 radical (unpaired) electrons. The summed E-state index contributed by atoms with van der Waals surface area (Å²) in [6.07, 6.45) is 0. The highest BCUT2D eigenvalue weighted by atomic mass is 32.1. The third kappa shape index (κ3) is 6.10.